The molecule has 5 heteroatoms. The van der Waals surface area contributed by atoms with E-state index in [4.69, 9.17) is 0 Å². The summed E-state index contributed by atoms with van der Waals surface area (Å²) < 4.78 is 2.08. The number of nitrogens with one attached hydrogen (secondary N) is 1. The number of nitrogens with zero attached hydrogens (tertiary/aromatic N) is 3. The van der Waals surface area contributed by atoms with E-state index in [1.54, 1.807) is 6.20 Å². The summed E-state index contributed by atoms with van der Waals surface area (Å²) in [5.74, 6) is 0.961. The lowest BCUT2D eigenvalue weighted by Gasteiger charge is -2.11. The lowest BCUT2D eigenvalue weighted by atomic mass is 10.1. The van der Waals surface area contributed by atoms with Crippen molar-refractivity contribution in [3.05, 3.63) is 53.6 Å². The maximum atomic E-state index is 12.0. The second kappa shape index (κ2) is 7.04. The van der Waals surface area contributed by atoms with E-state index >= 15 is 0 Å². The summed E-state index contributed by atoms with van der Waals surface area (Å²) >= 11 is 0. The Morgan fingerprint density at radius 2 is 2.00 bits per heavy atom. The number of aryl methyl sites for hydroxylation is 1. The first-order valence-electron chi connectivity index (χ1n) is 7.06. The number of aromatic nitrogens is 2. The third kappa shape index (κ3) is 4.43. The Kier molecular flexibility index (Phi) is 5.11. The van der Waals surface area contributed by atoms with Crippen LogP contribution in [0.2, 0.25) is 0 Å². The van der Waals surface area contributed by atoms with Crippen molar-refractivity contribution in [3.63, 3.8) is 0 Å². The summed E-state index contributed by atoms with van der Waals surface area (Å²) in [5, 5.41) is 2.91. The predicted molar refractivity (Wildman–Crippen MR) is 83.4 cm³/mol. The second-order valence-electron chi connectivity index (χ2n) is 5.36. The average Bonchev–Trinajstić information content (AvgIpc) is 2.84. The van der Waals surface area contributed by atoms with Gasteiger partial charge < -0.3 is 14.8 Å². The van der Waals surface area contributed by atoms with Crippen molar-refractivity contribution in [2.24, 2.45) is 0 Å². The molecule has 2 aromatic rings. The fourth-order valence-corrected chi connectivity index (χ4v) is 2.02. The van der Waals surface area contributed by atoms with Crippen LogP contribution in [0.1, 0.15) is 21.7 Å². The van der Waals surface area contributed by atoms with Gasteiger partial charge in [-0.05, 0) is 38.7 Å². The molecule has 1 aromatic carbocycles. The number of likely N-dealkylation sites (N-methyl/N-ethyl adjacent to an activating group) is 1. The minimum atomic E-state index is -0.0257. The Labute approximate surface area is 125 Å². The van der Waals surface area contributed by atoms with Crippen molar-refractivity contribution in [2.75, 3.05) is 27.2 Å². The van der Waals surface area contributed by atoms with Gasteiger partial charge in [-0.2, -0.15) is 0 Å². The fraction of sp³-hybridized carbons (Fsp3) is 0.375. The molecule has 0 spiro atoms. The molecule has 2 rings (SSSR count). The molecule has 0 radical (unpaired) electrons. The van der Waals surface area contributed by atoms with Gasteiger partial charge in [0.25, 0.3) is 5.91 Å². The SMILES string of the molecule is Cc1nccn1Cc1ccc(C(=O)NCCN(C)C)cc1. The Hall–Kier alpha value is -2.14. The lowest BCUT2D eigenvalue weighted by molar-refractivity contribution is 0.0951. The average molecular weight is 286 g/mol. The van der Waals surface area contributed by atoms with Gasteiger partial charge in [-0.15, -0.1) is 0 Å². The standard InChI is InChI=1S/C16H22N4O/c1-13-17-9-11-20(13)12-14-4-6-15(7-5-14)16(21)18-8-10-19(2)3/h4-7,9,11H,8,10,12H2,1-3H3,(H,18,21). The van der Waals surface area contributed by atoms with E-state index in [0.717, 1.165) is 24.5 Å². The molecule has 0 saturated heterocycles. The number of benzene rings is 1. The fourth-order valence-electron chi connectivity index (χ4n) is 2.02. The third-order valence-corrected chi connectivity index (χ3v) is 3.34. The highest BCUT2D eigenvalue weighted by molar-refractivity contribution is 5.94. The molecule has 0 aliphatic heterocycles. The molecule has 0 unspecified atom stereocenters. The monoisotopic (exact) mass is 286 g/mol. The van der Waals surface area contributed by atoms with Gasteiger partial charge in [-0.3, -0.25) is 4.79 Å². The van der Waals surface area contributed by atoms with E-state index in [9.17, 15) is 4.79 Å². The van der Waals surface area contributed by atoms with Gasteiger partial charge in [-0.1, -0.05) is 12.1 Å². The first-order chi connectivity index (χ1) is 10.1. The molecule has 112 valence electrons. The van der Waals surface area contributed by atoms with Gasteiger partial charge in [0.15, 0.2) is 0 Å². The van der Waals surface area contributed by atoms with Crippen molar-refractivity contribution >= 4 is 5.91 Å². The smallest absolute Gasteiger partial charge is 0.251 e. The van der Waals surface area contributed by atoms with Crippen molar-refractivity contribution in [1.82, 2.24) is 19.8 Å². The number of imidazole rings is 1. The van der Waals surface area contributed by atoms with Crippen LogP contribution in [0.3, 0.4) is 0 Å². The van der Waals surface area contributed by atoms with Crippen molar-refractivity contribution in [2.45, 2.75) is 13.5 Å². The summed E-state index contributed by atoms with van der Waals surface area (Å²) in [4.78, 5) is 18.2. The van der Waals surface area contributed by atoms with Crippen LogP contribution in [0, 0.1) is 6.92 Å². The molecule has 1 heterocycles. The van der Waals surface area contributed by atoms with Crippen LogP contribution in [0.5, 0.6) is 0 Å². The zero-order valence-electron chi connectivity index (χ0n) is 12.8. The third-order valence-electron chi connectivity index (χ3n) is 3.34. The topological polar surface area (TPSA) is 50.2 Å². The summed E-state index contributed by atoms with van der Waals surface area (Å²) in [6, 6.07) is 7.71. The summed E-state index contributed by atoms with van der Waals surface area (Å²) in [7, 11) is 3.97. The van der Waals surface area contributed by atoms with Crippen LogP contribution < -0.4 is 5.32 Å². The molecule has 0 bridgehead atoms. The number of hydrogen-bond donors (Lipinski definition) is 1. The Bertz CT molecular complexity index is 587. The molecule has 0 fully saturated rings. The Morgan fingerprint density at radius 3 is 2.57 bits per heavy atom. The first-order valence-corrected chi connectivity index (χ1v) is 7.06. The molecule has 1 aromatic heterocycles. The van der Waals surface area contributed by atoms with Crippen LogP contribution in [-0.4, -0.2) is 47.5 Å². The van der Waals surface area contributed by atoms with E-state index in [0.29, 0.717) is 12.1 Å². The highest BCUT2D eigenvalue weighted by Crippen LogP contribution is 2.08. The zero-order chi connectivity index (χ0) is 15.2. The van der Waals surface area contributed by atoms with E-state index < -0.39 is 0 Å². The summed E-state index contributed by atoms with van der Waals surface area (Å²) in [6.07, 6.45) is 3.75. The van der Waals surface area contributed by atoms with Gasteiger partial charge in [0.1, 0.15) is 5.82 Å². The number of rotatable bonds is 6. The highest BCUT2D eigenvalue weighted by atomic mass is 16.1. The number of amides is 1. The van der Waals surface area contributed by atoms with Gasteiger partial charge in [0, 0.05) is 37.6 Å². The Morgan fingerprint density at radius 1 is 1.29 bits per heavy atom. The number of hydrogen-bond acceptors (Lipinski definition) is 3. The van der Waals surface area contributed by atoms with Crippen molar-refractivity contribution < 1.29 is 4.79 Å². The predicted octanol–water partition coefficient (Wildman–Crippen LogP) is 1.53. The molecule has 0 aliphatic rings. The van der Waals surface area contributed by atoms with E-state index in [1.165, 1.54) is 0 Å². The normalized spacial score (nSPS) is 10.9. The van der Waals surface area contributed by atoms with Crippen LogP contribution in [0.25, 0.3) is 0 Å². The largest absolute Gasteiger partial charge is 0.351 e. The maximum Gasteiger partial charge on any atom is 0.251 e. The second-order valence-corrected chi connectivity index (χ2v) is 5.36. The van der Waals surface area contributed by atoms with Crippen molar-refractivity contribution in [1.29, 1.82) is 0 Å². The first kappa shape index (κ1) is 15.3. The van der Waals surface area contributed by atoms with Crippen LogP contribution in [-0.2, 0) is 6.54 Å². The molecular formula is C16H22N4O. The molecule has 1 amide bonds. The maximum absolute atomic E-state index is 12.0. The van der Waals surface area contributed by atoms with Gasteiger partial charge in [-0.25, -0.2) is 4.98 Å². The zero-order valence-corrected chi connectivity index (χ0v) is 12.8. The molecule has 0 aliphatic carbocycles. The Balaban J connectivity index is 1.92. The molecule has 5 nitrogen and oxygen atoms in total. The summed E-state index contributed by atoms with van der Waals surface area (Å²) in [6.45, 7) is 4.24. The van der Waals surface area contributed by atoms with E-state index in [1.807, 2.05) is 56.4 Å². The van der Waals surface area contributed by atoms with Gasteiger partial charge in [0.05, 0.1) is 0 Å². The number of carbonyl (C=O) groups is 1. The minimum absolute atomic E-state index is 0.0257. The molecule has 1 N–H and O–H groups in total. The molecule has 0 atom stereocenters. The minimum Gasteiger partial charge on any atom is -0.351 e. The van der Waals surface area contributed by atoms with Crippen LogP contribution in [0.4, 0.5) is 0 Å². The van der Waals surface area contributed by atoms with E-state index in [2.05, 4.69) is 14.9 Å². The van der Waals surface area contributed by atoms with E-state index in [-0.39, 0.29) is 5.91 Å². The molecular weight excluding hydrogens is 264 g/mol. The molecule has 0 saturated carbocycles. The highest BCUT2D eigenvalue weighted by Gasteiger charge is 2.05. The summed E-state index contributed by atoms with van der Waals surface area (Å²) in [5.41, 5.74) is 1.85. The molecule has 21 heavy (non-hydrogen) atoms. The van der Waals surface area contributed by atoms with Crippen LogP contribution >= 0.6 is 0 Å². The van der Waals surface area contributed by atoms with Crippen molar-refractivity contribution in [3.8, 4) is 0 Å². The van der Waals surface area contributed by atoms with Gasteiger partial charge >= 0.3 is 0 Å². The number of carbonyl (C=O) groups excluding carboxylic acids is 1. The quantitative estimate of drug-likeness (QED) is 0.876. The lowest BCUT2D eigenvalue weighted by Crippen LogP contribution is -2.31. The van der Waals surface area contributed by atoms with Gasteiger partial charge in [0.2, 0.25) is 0 Å². The van der Waals surface area contributed by atoms with Crippen LogP contribution in [0.15, 0.2) is 36.7 Å².